The smallest absolute Gasteiger partial charge is 0.00199 e. The van der Waals surface area contributed by atoms with Crippen molar-refractivity contribution in [2.75, 3.05) is 0 Å². The third-order valence-corrected chi connectivity index (χ3v) is 11.6. The second-order valence-electron chi connectivity index (χ2n) is 14.8. The molecule has 0 heteroatoms. The molecule has 11 rings (SSSR count). The van der Waals surface area contributed by atoms with Crippen LogP contribution in [0.1, 0.15) is 0 Å². The van der Waals surface area contributed by atoms with Crippen molar-refractivity contribution in [3.8, 4) is 55.6 Å². The molecule has 260 valence electrons. The van der Waals surface area contributed by atoms with Crippen LogP contribution in [0.5, 0.6) is 0 Å². The van der Waals surface area contributed by atoms with Crippen LogP contribution in [0.3, 0.4) is 0 Å². The normalized spacial score (nSPS) is 11.6. The van der Waals surface area contributed by atoms with Gasteiger partial charge >= 0.3 is 0 Å². The molecule has 0 aliphatic heterocycles. The summed E-state index contributed by atoms with van der Waals surface area (Å²) in [6.45, 7) is 0. The van der Waals surface area contributed by atoms with E-state index < -0.39 is 0 Å². The average Bonchev–Trinajstić information content (AvgIpc) is 3.28. The molecule has 0 amide bonds. The molecule has 0 atom stereocenters. The summed E-state index contributed by atoms with van der Waals surface area (Å²) in [5, 5.41) is 12.6. The average molecular weight is 709 g/mol. The monoisotopic (exact) mass is 708 g/mol. The van der Waals surface area contributed by atoms with E-state index in [2.05, 4.69) is 218 Å². The quantitative estimate of drug-likeness (QED) is 0.123. The molecule has 0 fully saturated rings. The molecule has 0 bridgehead atoms. The van der Waals surface area contributed by atoms with Crippen molar-refractivity contribution in [2.24, 2.45) is 0 Å². The van der Waals surface area contributed by atoms with Crippen molar-refractivity contribution in [3.63, 3.8) is 0 Å². The maximum Gasteiger partial charge on any atom is -0.00199 e. The van der Waals surface area contributed by atoms with Crippen LogP contribution < -0.4 is 0 Å². The second-order valence-corrected chi connectivity index (χ2v) is 14.8. The summed E-state index contributed by atoms with van der Waals surface area (Å²) in [6, 6.07) is 80.5. The summed E-state index contributed by atoms with van der Waals surface area (Å²) in [7, 11) is 0. The Kier molecular flexibility index (Phi) is 7.60. The van der Waals surface area contributed by atoms with Gasteiger partial charge in [-0.1, -0.05) is 194 Å². The van der Waals surface area contributed by atoms with E-state index in [1.807, 2.05) is 0 Å². The highest BCUT2D eigenvalue weighted by Crippen LogP contribution is 2.47. The molecule has 11 aromatic rings. The molecule has 0 nitrogen and oxygen atoms in total. The molecule has 0 saturated heterocycles. The van der Waals surface area contributed by atoms with Crippen molar-refractivity contribution in [2.45, 2.75) is 0 Å². The summed E-state index contributed by atoms with van der Waals surface area (Å²) in [5.74, 6) is 0. The van der Waals surface area contributed by atoms with Crippen LogP contribution in [-0.4, -0.2) is 0 Å². The van der Waals surface area contributed by atoms with Crippen LogP contribution in [-0.2, 0) is 0 Å². The topological polar surface area (TPSA) is 0 Å². The molecular formula is C56H36. The van der Waals surface area contributed by atoms with Gasteiger partial charge in [0.1, 0.15) is 0 Å². The Morgan fingerprint density at radius 1 is 0.179 bits per heavy atom. The van der Waals surface area contributed by atoms with Gasteiger partial charge in [-0.3, -0.25) is 0 Å². The molecule has 0 aliphatic rings. The Hall–Kier alpha value is -7.28. The van der Waals surface area contributed by atoms with Gasteiger partial charge in [-0.15, -0.1) is 0 Å². The van der Waals surface area contributed by atoms with E-state index in [0.29, 0.717) is 0 Å². The lowest BCUT2D eigenvalue weighted by molar-refractivity contribution is 1.58. The van der Waals surface area contributed by atoms with Crippen LogP contribution in [0.15, 0.2) is 218 Å². The molecule has 0 heterocycles. The van der Waals surface area contributed by atoms with Crippen molar-refractivity contribution in [3.05, 3.63) is 218 Å². The van der Waals surface area contributed by atoms with Gasteiger partial charge in [0.2, 0.25) is 0 Å². The van der Waals surface area contributed by atoms with E-state index in [-0.39, 0.29) is 0 Å². The lowest BCUT2D eigenvalue weighted by Gasteiger charge is -2.21. The standard InChI is InChI=1S/C56H36/c1-2-16-38(17-3-1)55-49-25-10-12-27-51(49)56(52-28-13-11-26-50(52)55)54-35-41(31-32-46(54)44-30-29-37-15-4-5-18-39(37)33-44)40-20-14-21-42(34-40)53-36-43-19-6-7-22-45(43)47-23-8-9-24-48(47)53/h1-36H. The first-order valence-electron chi connectivity index (χ1n) is 19.4. The summed E-state index contributed by atoms with van der Waals surface area (Å²) < 4.78 is 0. The van der Waals surface area contributed by atoms with Crippen LogP contribution >= 0.6 is 0 Å². The first kappa shape index (κ1) is 32.2. The minimum absolute atomic E-state index is 1.19. The summed E-state index contributed by atoms with van der Waals surface area (Å²) in [4.78, 5) is 0. The van der Waals surface area contributed by atoms with Gasteiger partial charge in [0, 0.05) is 0 Å². The second kappa shape index (κ2) is 13.2. The van der Waals surface area contributed by atoms with Crippen LogP contribution in [0.2, 0.25) is 0 Å². The third-order valence-electron chi connectivity index (χ3n) is 11.6. The van der Waals surface area contributed by atoms with E-state index in [4.69, 9.17) is 0 Å². The van der Waals surface area contributed by atoms with Crippen molar-refractivity contribution < 1.29 is 0 Å². The number of hydrogen-bond acceptors (Lipinski definition) is 0. The van der Waals surface area contributed by atoms with Crippen LogP contribution in [0.4, 0.5) is 0 Å². The SMILES string of the molecule is c1ccc(-c2c3ccccc3c(-c3cc(-c4cccc(-c5cc6ccccc6c6ccccc56)c4)ccc3-c3ccc4ccccc4c3)c3ccccc23)cc1. The Morgan fingerprint density at radius 2 is 0.679 bits per heavy atom. The minimum atomic E-state index is 1.19. The molecule has 0 aromatic heterocycles. The molecule has 11 aromatic carbocycles. The molecule has 0 radical (unpaired) electrons. The van der Waals surface area contributed by atoms with E-state index in [1.165, 1.54) is 109 Å². The van der Waals surface area contributed by atoms with E-state index in [0.717, 1.165) is 0 Å². The van der Waals surface area contributed by atoms with Gasteiger partial charge in [-0.25, -0.2) is 0 Å². The van der Waals surface area contributed by atoms with Crippen molar-refractivity contribution >= 4 is 53.9 Å². The fourth-order valence-corrected chi connectivity index (χ4v) is 9.03. The van der Waals surface area contributed by atoms with Crippen molar-refractivity contribution in [1.82, 2.24) is 0 Å². The number of rotatable bonds is 5. The number of benzene rings is 11. The highest BCUT2D eigenvalue weighted by Gasteiger charge is 2.20. The summed E-state index contributed by atoms with van der Waals surface area (Å²) in [5.41, 5.74) is 12.3. The zero-order valence-corrected chi connectivity index (χ0v) is 30.8. The van der Waals surface area contributed by atoms with E-state index >= 15 is 0 Å². The van der Waals surface area contributed by atoms with Gasteiger partial charge in [0.25, 0.3) is 0 Å². The zero-order valence-electron chi connectivity index (χ0n) is 30.8. The summed E-state index contributed by atoms with van der Waals surface area (Å²) in [6.07, 6.45) is 0. The highest BCUT2D eigenvalue weighted by molar-refractivity contribution is 6.23. The van der Waals surface area contributed by atoms with Gasteiger partial charge < -0.3 is 0 Å². The third kappa shape index (κ3) is 5.30. The Labute approximate surface area is 326 Å². The van der Waals surface area contributed by atoms with E-state index in [9.17, 15) is 0 Å². The fourth-order valence-electron chi connectivity index (χ4n) is 9.03. The maximum absolute atomic E-state index is 2.44. The lowest BCUT2D eigenvalue weighted by atomic mass is 9.82. The highest BCUT2D eigenvalue weighted by atomic mass is 14.2. The Bertz CT molecular complexity index is 3240. The molecule has 0 spiro atoms. The fraction of sp³-hybridized carbons (Fsp3) is 0. The zero-order chi connectivity index (χ0) is 37.0. The first-order chi connectivity index (χ1) is 27.8. The van der Waals surface area contributed by atoms with Crippen LogP contribution in [0, 0.1) is 0 Å². The van der Waals surface area contributed by atoms with Gasteiger partial charge in [-0.05, 0) is 134 Å². The van der Waals surface area contributed by atoms with Gasteiger partial charge in [-0.2, -0.15) is 0 Å². The largest absolute Gasteiger partial charge is 0.0622 e. The maximum atomic E-state index is 2.44. The predicted molar refractivity (Wildman–Crippen MR) is 241 cm³/mol. The molecule has 0 saturated carbocycles. The molecule has 56 heavy (non-hydrogen) atoms. The minimum Gasteiger partial charge on any atom is -0.0622 e. The molecule has 0 N–H and O–H groups in total. The molecule has 0 unspecified atom stereocenters. The Balaban J connectivity index is 1.18. The Morgan fingerprint density at radius 3 is 1.41 bits per heavy atom. The molecular weight excluding hydrogens is 673 g/mol. The van der Waals surface area contributed by atoms with E-state index in [1.54, 1.807) is 0 Å². The predicted octanol–water partition coefficient (Wildman–Crippen LogP) is 15.8. The summed E-state index contributed by atoms with van der Waals surface area (Å²) >= 11 is 0. The van der Waals surface area contributed by atoms with Gasteiger partial charge in [0.05, 0.1) is 0 Å². The first-order valence-corrected chi connectivity index (χ1v) is 19.4. The van der Waals surface area contributed by atoms with Crippen molar-refractivity contribution in [1.29, 1.82) is 0 Å². The number of hydrogen-bond donors (Lipinski definition) is 0. The lowest BCUT2D eigenvalue weighted by Crippen LogP contribution is -1.94. The number of fused-ring (bicyclic) bond motifs is 6. The van der Waals surface area contributed by atoms with Gasteiger partial charge in [0.15, 0.2) is 0 Å². The molecule has 0 aliphatic carbocycles. The van der Waals surface area contributed by atoms with Crippen LogP contribution in [0.25, 0.3) is 109 Å².